The van der Waals surface area contributed by atoms with Crippen molar-refractivity contribution in [3.63, 3.8) is 0 Å². The number of amides is 13. The number of phenolic OH excluding ortho intramolecular Hbond substituents is 1. The quantitative estimate of drug-likeness (QED) is 0.0301. The number of aromatic hydroxyl groups is 1. The van der Waals surface area contributed by atoms with Crippen LogP contribution in [0.15, 0.2) is 54.6 Å². The maximum absolute atomic E-state index is 14.0. The lowest BCUT2D eigenvalue weighted by atomic mass is 10.0. The van der Waals surface area contributed by atoms with Crippen LogP contribution < -0.4 is 76.9 Å². The normalized spacial score (nSPS) is 14.2. The summed E-state index contributed by atoms with van der Waals surface area (Å²) in [7, 11) is 0. The smallest absolute Gasteiger partial charge is 0.326 e. The Balaban J connectivity index is 2.48. The third-order valence-electron chi connectivity index (χ3n) is 11.7. The molecule has 0 unspecified atom stereocenters. The van der Waals surface area contributed by atoms with Crippen LogP contribution in [0.4, 0.5) is 0 Å². The molecule has 0 spiro atoms. The van der Waals surface area contributed by atoms with Crippen LogP contribution >= 0.6 is 0 Å². The predicted octanol–water partition coefficient (Wildman–Crippen LogP) is -7.96. The van der Waals surface area contributed by atoms with Crippen LogP contribution in [0.1, 0.15) is 76.3 Å². The molecule has 0 aliphatic carbocycles. The van der Waals surface area contributed by atoms with Crippen molar-refractivity contribution in [1.29, 1.82) is 0 Å². The minimum Gasteiger partial charge on any atom is -0.508 e. The molecule has 0 aromatic heterocycles. The van der Waals surface area contributed by atoms with Crippen LogP contribution in [0, 0.1) is 5.92 Å². The highest BCUT2D eigenvalue weighted by Gasteiger charge is 2.37. The van der Waals surface area contributed by atoms with Crippen molar-refractivity contribution in [2.24, 2.45) is 34.6 Å². The van der Waals surface area contributed by atoms with E-state index in [2.05, 4.69) is 48.3 Å². The number of quaternary nitrogens is 1. The molecule has 0 saturated carbocycles. The van der Waals surface area contributed by atoms with Crippen LogP contribution in [0.25, 0.3) is 0 Å². The monoisotopic (exact) mass is 1140 g/mol. The molecule has 0 fully saturated rings. The highest BCUT2D eigenvalue weighted by atomic mass is 16.4. The Morgan fingerprint density at radius 1 is 0.420 bits per heavy atom. The predicted molar refractivity (Wildman–Crippen MR) is 277 cm³/mol. The number of benzene rings is 2. The lowest BCUT2D eigenvalue weighted by Gasteiger charge is -2.27. The fourth-order valence-corrected chi connectivity index (χ4v) is 7.45. The summed E-state index contributed by atoms with van der Waals surface area (Å²) < 4.78 is 0. The largest absolute Gasteiger partial charge is 0.508 e. The molecule has 0 aliphatic rings. The maximum Gasteiger partial charge on any atom is 0.326 e. The van der Waals surface area contributed by atoms with E-state index < -0.39 is 194 Å². The molecule has 0 saturated heterocycles. The Labute approximate surface area is 461 Å². The number of carbonyl (C=O) groups is 15. The van der Waals surface area contributed by atoms with Gasteiger partial charge in [-0.3, -0.25) is 67.1 Å². The Morgan fingerprint density at radius 2 is 0.753 bits per heavy atom. The van der Waals surface area contributed by atoms with E-state index in [1.807, 2.05) is 0 Å². The third-order valence-corrected chi connectivity index (χ3v) is 11.7. The fraction of sp³-hybridized carbons (Fsp3) is 0.449. The van der Waals surface area contributed by atoms with Gasteiger partial charge >= 0.3 is 11.9 Å². The van der Waals surface area contributed by atoms with Crippen molar-refractivity contribution in [2.45, 2.75) is 132 Å². The second-order valence-electron chi connectivity index (χ2n) is 18.9. The second kappa shape index (κ2) is 32.9. The number of carbonyl (C=O) groups excluding carboxylic acids is 13. The van der Waals surface area contributed by atoms with E-state index in [-0.39, 0.29) is 25.0 Å². The number of nitrogens with one attached hydrogen (secondary N) is 8. The molecule has 0 heterocycles. The highest BCUT2D eigenvalue weighted by molar-refractivity contribution is 6.01. The summed E-state index contributed by atoms with van der Waals surface area (Å²) in [5.41, 5.74) is 31.3. The van der Waals surface area contributed by atoms with Crippen molar-refractivity contribution < 1.29 is 93.0 Å². The SMILES string of the molecule is CC(C)[C@H](NC(=O)[C@H](Cc1ccccc1)NC(=O)[C@H](CC(N)=O)NC(=O)[C@H](CC(N)=O)NC(=O)[C@H](CCC(N)=O)NC(=O)[C@H](CC(N)=O)NC(=O)[C@H](CC(N)=O)NC(=O)[C@H](Cc1ccc(O)cc1)NC(=O)[C@@H]([NH3+])CCC(=O)O)C(=O)O. The van der Waals surface area contributed by atoms with Crippen LogP contribution in [-0.4, -0.2) is 158 Å². The first kappa shape index (κ1) is 67.4. The number of carboxylic acids is 2. The van der Waals surface area contributed by atoms with E-state index >= 15 is 0 Å². The molecule has 0 radical (unpaired) electrons. The van der Waals surface area contributed by atoms with Crippen LogP contribution in [-0.2, 0) is 84.8 Å². The Hall–Kier alpha value is -9.75. The summed E-state index contributed by atoms with van der Waals surface area (Å²) in [4.78, 5) is 194. The van der Waals surface area contributed by atoms with E-state index in [1.165, 1.54) is 38.1 Å². The molecule has 2 rings (SSSR count). The highest BCUT2D eigenvalue weighted by Crippen LogP contribution is 2.14. The number of primary amides is 5. The molecule has 13 amide bonds. The van der Waals surface area contributed by atoms with Crippen molar-refractivity contribution in [3.05, 3.63) is 65.7 Å². The van der Waals surface area contributed by atoms with Crippen molar-refractivity contribution in [1.82, 2.24) is 42.5 Å². The summed E-state index contributed by atoms with van der Waals surface area (Å²) in [6.07, 6.45) is -6.70. The van der Waals surface area contributed by atoms with Crippen molar-refractivity contribution in [3.8, 4) is 5.75 Å². The lowest BCUT2D eigenvalue weighted by molar-refractivity contribution is -0.405. The Bertz CT molecular complexity index is 2660. The van der Waals surface area contributed by atoms with Crippen LogP contribution in [0.2, 0.25) is 0 Å². The maximum atomic E-state index is 14.0. The van der Waals surface area contributed by atoms with Crippen molar-refractivity contribution >= 4 is 88.7 Å². The van der Waals surface area contributed by atoms with Gasteiger partial charge in [-0.1, -0.05) is 56.3 Å². The van der Waals surface area contributed by atoms with E-state index in [1.54, 1.807) is 30.3 Å². The van der Waals surface area contributed by atoms with Gasteiger partial charge in [-0.05, 0) is 35.6 Å². The number of hydrogen-bond acceptors (Lipinski definition) is 16. The molecular formula is C49H69N14O18+. The zero-order chi connectivity index (χ0) is 61.3. The number of carboxylic acid groups (broad SMARTS) is 2. The molecule has 32 nitrogen and oxygen atoms in total. The van der Waals surface area contributed by atoms with Gasteiger partial charge in [-0.2, -0.15) is 0 Å². The number of phenols is 1. The van der Waals surface area contributed by atoms with Gasteiger partial charge in [0.1, 0.15) is 54.1 Å². The zero-order valence-electron chi connectivity index (χ0n) is 44.1. The minimum absolute atomic E-state index is 0.162. The van der Waals surface area contributed by atoms with E-state index in [0.717, 1.165) is 0 Å². The number of nitrogens with two attached hydrogens (primary N) is 5. The van der Waals surface area contributed by atoms with Gasteiger partial charge in [0.15, 0.2) is 6.04 Å². The third kappa shape index (κ3) is 25.1. The first-order chi connectivity index (χ1) is 37.9. The van der Waals surface area contributed by atoms with E-state index in [4.69, 9.17) is 33.8 Å². The molecule has 32 heteroatoms. The Kier molecular flexibility index (Phi) is 27.3. The van der Waals surface area contributed by atoms with Gasteiger partial charge in [0.05, 0.1) is 32.1 Å². The lowest BCUT2D eigenvalue weighted by Crippen LogP contribution is -2.69. The molecule has 0 bridgehead atoms. The minimum atomic E-state index is -2.08. The first-order valence-corrected chi connectivity index (χ1v) is 24.8. The van der Waals surface area contributed by atoms with Gasteiger partial charge in [0.2, 0.25) is 70.9 Å². The average molecular weight is 1140 g/mol. The van der Waals surface area contributed by atoms with Gasteiger partial charge < -0.3 is 92.3 Å². The topological polar surface area (TPSA) is 571 Å². The molecule has 0 aliphatic heterocycles. The molecule has 81 heavy (non-hydrogen) atoms. The van der Waals surface area contributed by atoms with Crippen LogP contribution in [0.5, 0.6) is 5.75 Å². The number of rotatable bonds is 36. The van der Waals surface area contributed by atoms with Gasteiger partial charge in [-0.25, -0.2) is 4.79 Å². The van der Waals surface area contributed by atoms with E-state index in [9.17, 15) is 82.1 Å². The molecule has 2 aromatic carbocycles. The summed E-state index contributed by atoms with van der Waals surface area (Å²) in [5, 5.41) is 46.4. The molecule has 442 valence electrons. The van der Waals surface area contributed by atoms with Crippen molar-refractivity contribution in [2.75, 3.05) is 0 Å². The molecular weight excluding hydrogens is 1070 g/mol. The molecule has 9 atom stereocenters. The summed E-state index contributed by atoms with van der Waals surface area (Å²) >= 11 is 0. The summed E-state index contributed by atoms with van der Waals surface area (Å²) in [6.45, 7) is 3.02. The first-order valence-electron chi connectivity index (χ1n) is 24.8. The molecule has 2 aromatic rings. The zero-order valence-corrected chi connectivity index (χ0v) is 44.1. The standard InChI is InChI=1S/C49H68N14O18/c1-22(2)40(49(80)81)63-48(79)29(16-23-6-4-3-5-7-23)58-45(76)32(20-37(54)68)62-46(77)31(19-36(53)67)59-42(73)27(13-14-34(51)65)56-44(75)30(18-35(52)66)61-47(78)33(21-38(55)69)60-43(74)28(17-24-8-10-25(64)11-9-24)57-41(72)26(50)12-15-39(70)71/h3-11,22,26-33,40,64H,12-21,50H2,1-2H3,(H2,51,65)(H2,52,66)(H2,53,67)(H2,54,68)(H2,55,69)(H,56,75)(H,57,72)(H,58,76)(H,59,73)(H,60,74)(H,61,78)(H,62,77)(H,63,79)(H,70,71)(H,80,81)/p+1/t26-,27-,28-,29-,30-,31-,32-,33-,40-/m0/s1. The summed E-state index contributed by atoms with van der Waals surface area (Å²) in [6, 6.07) is -2.47. The fourth-order valence-electron chi connectivity index (χ4n) is 7.45. The molecule has 24 N–H and O–H groups in total. The Morgan fingerprint density at radius 3 is 1.11 bits per heavy atom. The number of hydrogen-bond donors (Lipinski definition) is 17. The van der Waals surface area contributed by atoms with Gasteiger partial charge in [0, 0.05) is 25.7 Å². The van der Waals surface area contributed by atoms with E-state index in [0.29, 0.717) is 11.1 Å². The second-order valence-corrected chi connectivity index (χ2v) is 18.9. The van der Waals surface area contributed by atoms with Gasteiger partial charge in [0.25, 0.3) is 5.91 Å². The number of aliphatic carboxylic acids is 2. The van der Waals surface area contributed by atoms with Crippen LogP contribution in [0.3, 0.4) is 0 Å². The average Bonchev–Trinajstić information content (AvgIpc) is 3.36. The summed E-state index contributed by atoms with van der Waals surface area (Å²) in [5.74, 6) is -19.2. The van der Waals surface area contributed by atoms with Gasteiger partial charge in [-0.15, -0.1) is 0 Å².